The van der Waals surface area contributed by atoms with Crippen LogP contribution in [0.3, 0.4) is 0 Å². The Morgan fingerprint density at radius 2 is 1.84 bits per heavy atom. The fourth-order valence-electron chi connectivity index (χ4n) is 2.20. The largest absolute Gasteiger partial charge is 0.365 e. The number of hydrogen-bond acceptors (Lipinski definition) is 3. The molecule has 0 aliphatic heterocycles. The molecule has 3 N–H and O–H groups in total. The van der Waals surface area contributed by atoms with Gasteiger partial charge in [-0.05, 0) is 44.0 Å². The van der Waals surface area contributed by atoms with Gasteiger partial charge in [0.2, 0.25) is 0 Å². The molecule has 0 bridgehead atoms. The van der Waals surface area contributed by atoms with Crippen LogP contribution in [-0.2, 0) is 0 Å². The lowest BCUT2D eigenvalue weighted by Gasteiger charge is -2.14. The third kappa shape index (κ3) is 2.73. The van der Waals surface area contributed by atoms with Crippen molar-refractivity contribution in [3.05, 3.63) is 52.7 Å². The summed E-state index contributed by atoms with van der Waals surface area (Å²) in [4.78, 5) is 15.6. The van der Waals surface area contributed by atoms with Crippen LogP contribution in [0.1, 0.15) is 27.0 Å². The molecular weight excluding hydrogens is 238 g/mol. The van der Waals surface area contributed by atoms with Gasteiger partial charge in [-0.15, -0.1) is 0 Å². The summed E-state index contributed by atoms with van der Waals surface area (Å²) in [6.45, 7) is 6.10. The van der Waals surface area contributed by atoms with E-state index in [1.807, 2.05) is 13.8 Å². The van der Waals surface area contributed by atoms with E-state index in [9.17, 15) is 4.79 Å². The highest BCUT2D eigenvalue weighted by molar-refractivity contribution is 5.98. The summed E-state index contributed by atoms with van der Waals surface area (Å²) in [5, 5.41) is 3.21. The third-order valence-corrected chi connectivity index (χ3v) is 2.99. The van der Waals surface area contributed by atoms with Crippen molar-refractivity contribution in [1.29, 1.82) is 0 Å². The third-order valence-electron chi connectivity index (χ3n) is 2.99. The van der Waals surface area contributed by atoms with Crippen LogP contribution in [0.15, 0.2) is 30.5 Å². The SMILES string of the molecule is Cc1cc(C)c(Nc2ncccc2C(N)=O)c(C)c1. The lowest BCUT2D eigenvalue weighted by atomic mass is 10.0. The molecule has 0 saturated carbocycles. The molecule has 0 aliphatic rings. The number of aryl methyl sites for hydroxylation is 3. The van der Waals surface area contributed by atoms with Gasteiger partial charge in [-0.3, -0.25) is 4.79 Å². The minimum absolute atomic E-state index is 0.391. The van der Waals surface area contributed by atoms with Gasteiger partial charge in [0.1, 0.15) is 5.82 Å². The summed E-state index contributed by atoms with van der Waals surface area (Å²) in [6.07, 6.45) is 1.63. The predicted octanol–water partition coefficient (Wildman–Crippen LogP) is 2.85. The first-order chi connectivity index (χ1) is 8.99. The highest BCUT2D eigenvalue weighted by Gasteiger charge is 2.11. The topological polar surface area (TPSA) is 68.0 Å². The molecular formula is C15H17N3O. The number of carbonyl (C=O) groups is 1. The van der Waals surface area contributed by atoms with E-state index in [4.69, 9.17) is 5.73 Å². The van der Waals surface area contributed by atoms with E-state index < -0.39 is 5.91 Å². The molecule has 0 radical (unpaired) electrons. The molecule has 1 aromatic carbocycles. The average Bonchev–Trinajstić information content (AvgIpc) is 2.34. The number of carbonyl (C=O) groups excluding carboxylic acids is 1. The number of nitrogens with zero attached hydrogens (tertiary/aromatic N) is 1. The second-order valence-electron chi connectivity index (χ2n) is 4.66. The van der Waals surface area contributed by atoms with Crippen molar-refractivity contribution in [2.45, 2.75) is 20.8 Å². The fraction of sp³-hybridized carbons (Fsp3) is 0.200. The van der Waals surface area contributed by atoms with Crippen molar-refractivity contribution >= 4 is 17.4 Å². The normalized spacial score (nSPS) is 10.3. The maximum absolute atomic E-state index is 11.4. The number of primary amides is 1. The van der Waals surface area contributed by atoms with Crippen molar-refractivity contribution in [3.8, 4) is 0 Å². The Balaban J connectivity index is 2.45. The predicted molar refractivity (Wildman–Crippen MR) is 76.7 cm³/mol. The fourth-order valence-corrected chi connectivity index (χ4v) is 2.20. The molecule has 0 spiro atoms. The van der Waals surface area contributed by atoms with E-state index >= 15 is 0 Å². The highest BCUT2D eigenvalue weighted by atomic mass is 16.1. The summed E-state index contributed by atoms with van der Waals surface area (Å²) >= 11 is 0. The molecule has 2 rings (SSSR count). The first-order valence-corrected chi connectivity index (χ1v) is 6.08. The Labute approximate surface area is 112 Å². The van der Waals surface area contributed by atoms with Crippen LogP contribution in [-0.4, -0.2) is 10.9 Å². The summed E-state index contributed by atoms with van der Waals surface area (Å²) < 4.78 is 0. The zero-order valence-corrected chi connectivity index (χ0v) is 11.3. The minimum Gasteiger partial charge on any atom is -0.365 e. The van der Waals surface area contributed by atoms with Crippen molar-refractivity contribution in [3.63, 3.8) is 0 Å². The zero-order valence-electron chi connectivity index (χ0n) is 11.3. The van der Waals surface area contributed by atoms with Gasteiger partial charge in [0, 0.05) is 11.9 Å². The Hall–Kier alpha value is -2.36. The number of pyridine rings is 1. The van der Waals surface area contributed by atoms with Crippen molar-refractivity contribution in [1.82, 2.24) is 4.98 Å². The van der Waals surface area contributed by atoms with Gasteiger partial charge in [0.25, 0.3) is 5.91 Å². The van der Waals surface area contributed by atoms with Crippen LogP contribution in [0.25, 0.3) is 0 Å². The second-order valence-corrected chi connectivity index (χ2v) is 4.66. The number of rotatable bonds is 3. The van der Waals surface area contributed by atoms with Crippen molar-refractivity contribution < 1.29 is 4.79 Å². The van der Waals surface area contributed by atoms with Crippen LogP contribution < -0.4 is 11.1 Å². The lowest BCUT2D eigenvalue weighted by molar-refractivity contribution is 0.100. The first-order valence-electron chi connectivity index (χ1n) is 6.08. The molecule has 98 valence electrons. The molecule has 0 unspecified atom stereocenters. The molecule has 4 nitrogen and oxygen atoms in total. The van der Waals surface area contributed by atoms with Gasteiger partial charge in [-0.25, -0.2) is 4.98 Å². The maximum atomic E-state index is 11.4. The molecule has 0 aliphatic carbocycles. The number of amides is 1. The van der Waals surface area contributed by atoms with Gasteiger partial charge < -0.3 is 11.1 Å². The average molecular weight is 255 g/mol. The molecule has 1 heterocycles. The van der Waals surface area contributed by atoms with E-state index in [1.54, 1.807) is 18.3 Å². The Morgan fingerprint density at radius 3 is 2.42 bits per heavy atom. The van der Waals surface area contributed by atoms with Crippen LogP contribution in [0.2, 0.25) is 0 Å². The van der Waals surface area contributed by atoms with Crippen LogP contribution in [0.4, 0.5) is 11.5 Å². The van der Waals surface area contributed by atoms with Gasteiger partial charge in [-0.1, -0.05) is 17.7 Å². The molecule has 0 saturated heterocycles. The molecule has 1 amide bonds. The molecule has 0 fully saturated rings. The van der Waals surface area contributed by atoms with Crippen LogP contribution in [0, 0.1) is 20.8 Å². The second kappa shape index (κ2) is 5.10. The Bertz CT molecular complexity index is 612. The van der Waals surface area contributed by atoms with E-state index in [2.05, 4.69) is 29.4 Å². The van der Waals surface area contributed by atoms with Crippen molar-refractivity contribution in [2.75, 3.05) is 5.32 Å². The van der Waals surface area contributed by atoms with Gasteiger partial charge in [0.05, 0.1) is 5.56 Å². The van der Waals surface area contributed by atoms with E-state index in [-0.39, 0.29) is 0 Å². The monoisotopic (exact) mass is 255 g/mol. The molecule has 0 atom stereocenters. The summed E-state index contributed by atoms with van der Waals surface area (Å²) in [5.74, 6) is 0.00284. The summed E-state index contributed by atoms with van der Waals surface area (Å²) in [7, 11) is 0. The van der Waals surface area contributed by atoms with E-state index in [0.29, 0.717) is 11.4 Å². The van der Waals surface area contributed by atoms with E-state index in [1.165, 1.54) is 5.56 Å². The quantitative estimate of drug-likeness (QED) is 0.886. The van der Waals surface area contributed by atoms with Gasteiger partial charge in [-0.2, -0.15) is 0 Å². The van der Waals surface area contributed by atoms with Crippen molar-refractivity contribution in [2.24, 2.45) is 5.73 Å². The molecule has 1 aromatic heterocycles. The highest BCUT2D eigenvalue weighted by Crippen LogP contribution is 2.26. The molecule has 2 aromatic rings. The van der Waals surface area contributed by atoms with Crippen LogP contribution >= 0.6 is 0 Å². The lowest BCUT2D eigenvalue weighted by Crippen LogP contribution is -2.14. The Kier molecular flexibility index (Phi) is 3.51. The smallest absolute Gasteiger partial charge is 0.252 e. The zero-order chi connectivity index (χ0) is 14.0. The molecule has 4 heteroatoms. The van der Waals surface area contributed by atoms with Crippen LogP contribution in [0.5, 0.6) is 0 Å². The first kappa shape index (κ1) is 13.1. The summed E-state index contributed by atoms with van der Waals surface area (Å²) in [6, 6.07) is 7.53. The van der Waals surface area contributed by atoms with Gasteiger partial charge in [0.15, 0.2) is 0 Å². The number of nitrogens with two attached hydrogens (primary N) is 1. The standard InChI is InChI=1S/C15H17N3O/c1-9-7-10(2)13(11(3)8-9)18-15-12(14(16)19)5-4-6-17-15/h4-8H,1-3H3,(H2,16,19)(H,17,18). The number of anilines is 2. The minimum atomic E-state index is -0.488. The number of hydrogen-bond donors (Lipinski definition) is 2. The molecule has 19 heavy (non-hydrogen) atoms. The summed E-state index contributed by atoms with van der Waals surface area (Å²) in [5.41, 5.74) is 10.1. The Morgan fingerprint density at radius 1 is 1.21 bits per heavy atom. The number of aromatic nitrogens is 1. The maximum Gasteiger partial charge on any atom is 0.252 e. The van der Waals surface area contributed by atoms with Gasteiger partial charge >= 0.3 is 0 Å². The van der Waals surface area contributed by atoms with E-state index in [0.717, 1.165) is 16.8 Å². The number of nitrogens with one attached hydrogen (secondary N) is 1. The number of benzene rings is 1.